The quantitative estimate of drug-likeness (QED) is 0.614. The number of hydrogen-bond donors (Lipinski definition) is 1. The Labute approximate surface area is 195 Å². The highest BCUT2D eigenvalue weighted by Crippen LogP contribution is 2.63. The molecule has 1 aromatic rings. The highest BCUT2D eigenvalue weighted by Gasteiger charge is 2.56. The van der Waals surface area contributed by atoms with Crippen LogP contribution in [0.25, 0.3) is 0 Å². The van der Waals surface area contributed by atoms with E-state index >= 15 is 0 Å². The van der Waals surface area contributed by atoms with Gasteiger partial charge in [-0.1, -0.05) is 31.5 Å². The van der Waals surface area contributed by atoms with Gasteiger partial charge in [0.05, 0.1) is 5.60 Å². The summed E-state index contributed by atoms with van der Waals surface area (Å²) in [5.41, 5.74) is 0.753. The first kappa shape index (κ1) is 22.4. The monoisotopic (exact) mass is 437 g/mol. The van der Waals surface area contributed by atoms with Gasteiger partial charge in [0.25, 0.3) is 5.91 Å². The molecule has 5 rings (SSSR count). The fraction of sp³-hybridized carbons (Fsp3) is 0.759. The lowest BCUT2D eigenvalue weighted by molar-refractivity contribution is -0.128. The molecule has 3 heteroatoms. The first-order valence-corrected chi connectivity index (χ1v) is 13.3. The minimum Gasteiger partial charge on any atom is -0.390 e. The third kappa shape index (κ3) is 3.93. The third-order valence-corrected chi connectivity index (χ3v) is 10.5. The second-order valence-electron chi connectivity index (χ2n) is 12.4. The van der Waals surface area contributed by atoms with E-state index in [9.17, 15) is 9.90 Å². The van der Waals surface area contributed by atoms with Crippen molar-refractivity contribution in [1.82, 2.24) is 4.90 Å². The van der Waals surface area contributed by atoms with E-state index < -0.39 is 5.60 Å². The van der Waals surface area contributed by atoms with Crippen molar-refractivity contribution < 1.29 is 9.90 Å². The molecule has 8 atom stereocenters. The second kappa shape index (κ2) is 8.46. The smallest absolute Gasteiger partial charge is 0.253 e. The number of benzene rings is 1. The molecule has 4 fully saturated rings. The molecule has 0 saturated heterocycles. The maximum absolute atomic E-state index is 13.0. The van der Waals surface area contributed by atoms with Crippen LogP contribution in [-0.4, -0.2) is 35.1 Å². The van der Waals surface area contributed by atoms with Crippen molar-refractivity contribution in [2.75, 3.05) is 13.6 Å². The van der Waals surface area contributed by atoms with Crippen LogP contribution in [0.2, 0.25) is 0 Å². The molecule has 4 saturated carbocycles. The summed E-state index contributed by atoms with van der Waals surface area (Å²) in [6.07, 6.45) is 12.6. The lowest BCUT2D eigenvalue weighted by Gasteiger charge is -2.61. The summed E-state index contributed by atoms with van der Waals surface area (Å²) >= 11 is 0. The van der Waals surface area contributed by atoms with Crippen LogP contribution in [0.5, 0.6) is 0 Å². The highest BCUT2D eigenvalue weighted by molar-refractivity contribution is 5.93. The van der Waals surface area contributed by atoms with E-state index in [1.807, 2.05) is 42.3 Å². The second-order valence-corrected chi connectivity index (χ2v) is 12.4. The number of hydrogen-bond acceptors (Lipinski definition) is 2. The van der Waals surface area contributed by atoms with Gasteiger partial charge in [-0.3, -0.25) is 4.79 Å². The van der Waals surface area contributed by atoms with Crippen LogP contribution in [0.3, 0.4) is 0 Å². The molecule has 0 bridgehead atoms. The Bertz CT molecular complexity index is 820. The van der Waals surface area contributed by atoms with E-state index in [0.29, 0.717) is 11.3 Å². The van der Waals surface area contributed by atoms with Crippen LogP contribution in [0.4, 0.5) is 0 Å². The van der Waals surface area contributed by atoms with Gasteiger partial charge in [0.2, 0.25) is 0 Å². The summed E-state index contributed by atoms with van der Waals surface area (Å²) in [7, 11) is 2.01. The van der Waals surface area contributed by atoms with E-state index in [2.05, 4.69) is 13.8 Å². The van der Waals surface area contributed by atoms with Gasteiger partial charge >= 0.3 is 0 Å². The van der Waals surface area contributed by atoms with Gasteiger partial charge in [-0.15, -0.1) is 0 Å². The van der Waals surface area contributed by atoms with Crippen LogP contribution in [0.1, 0.15) is 88.4 Å². The summed E-state index contributed by atoms with van der Waals surface area (Å²) in [5.74, 6) is 4.95. The minimum atomic E-state index is -0.428. The molecule has 1 aromatic carbocycles. The molecule has 3 nitrogen and oxygen atoms in total. The molecule has 0 radical (unpaired) electrons. The van der Waals surface area contributed by atoms with Gasteiger partial charge in [0, 0.05) is 19.2 Å². The SMILES string of the molecule is CN(C[C@H]1CCC[C@H]2[C@@H]3CC[C@@H]4C[C@](C)(O)CC[C@@H]4[C@H]3CC[C@]12C)C(=O)c1ccccc1. The molecule has 1 amide bonds. The van der Waals surface area contributed by atoms with Gasteiger partial charge in [0.1, 0.15) is 0 Å². The van der Waals surface area contributed by atoms with Gasteiger partial charge < -0.3 is 10.0 Å². The molecule has 0 heterocycles. The third-order valence-electron chi connectivity index (χ3n) is 10.5. The number of carbonyl (C=O) groups is 1. The van der Waals surface area contributed by atoms with Crippen LogP contribution in [-0.2, 0) is 0 Å². The average molecular weight is 438 g/mol. The molecule has 0 unspecified atom stereocenters. The van der Waals surface area contributed by atoms with Crippen molar-refractivity contribution >= 4 is 5.91 Å². The number of carbonyl (C=O) groups excluding carboxylic acids is 1. The molecule has 32 heavy (non-hydrogen) atoms. The molecule has 0 aliphatic heterocycles. The topological polar surface area (TPSA) is 40.5 Å². The van der Waals surface area contributed by atoms with Crippen LogP contribution < -0.4 is 0 Å². The lowest BCUT2D eigenvalue weighted by Crippen LogP contribution is -2.55. The number of rotatable bonds is 3. The summed E-state index contributed by atoms with van der Waals surface area (Å²) in [5, 5.41) is 10.7. The molecule has 0 aromatic heterocycles. The van der Waals surface area contributed by atoms with Crippen molar-refractivity contribution in [2.24, 2.45) is 40.9 Å². The largest absolute Gasteiger partial charge is 0.390 e. The van der Waals surface area contributed by atoms with Crippen LogP contribution >= 0.6 is 0 Å². The zero-order chi connectivity index (χ0) is 22.5. The van der Waals surface area contributed by atoms with E-state index in [4.69, 9.17) is 0 Å². The summed E-state index contributed by atoms with van der Waals surface area (Å²) < 4.78 is 0. The standard InChI is InChI=1S/C29H43NO2/c1-28(32)16-14-23-21(18-28)12-13-25-24(23)15-17-29(2)22(10-7-11-26(25)29)19-30(3)27(31)20-8-5-4-6-9-20/h4-6,8-9,21-26,32H,7,10-19H2,1-3H3/t21-,22-,23+,24-,25-,26+,28-,29-/m1/s1. The minimum absolute atomic E-state index is 0.166. The van der Waals surface area contributed by atoms with Crippen LogP contribution in [0.15, 0.2) is 30.3 Å². The fourth-order valence-corrected chi connectivity index (χ4v) is 8.91. The fourth-order valence-electron chi connectivity index (χ4n) is 8.91. The highest BCUT2D eigenvalue weighted by atomic mass is 16.3. The van der Waals surface area contributed by atoms with E-state index in [-0.39, 0.29) is 5.91 Å². The molecule has 4 aliphatic rings. The van der Waals surface area contributed by atoms with Gasteiger partial charge in [0.15, 0.2) is 0 Å². The van der Waals surface area contributed by atoms with Crippen molar-refractivity contribution in [3.05, 3.63) is 35.9 Å². The first-order valence-electron chi connectivity index (χ1n) is 13.3. The Kier molecular flexibility index (Phi) is 5.93. The molecular formula is C29H43NO2. The molecule has 176 valence electrons. The Hall–Kier alpha value is -1.35. The van der Waals surface area contributed by atoms with E-state index in [1.165, 1.54) is 51.4 Å². The molecule has 4 aliphatic carbocycles. The molecule has 0 spiro atoms. The van der Waals surface area contributed by atoms with Crippen molar-refractivity contribution in [2.45, 2.75) is 83.7 Å². The normalized spacial score (nSPS) is 43.5. The zero-order valence-electron chi connectivity index (χ0n) is 20.4. The summed E-state index contributed by atoms with van der Waals surface area (Å²) in [4.78, 5) is 15.0. The number of aliphatic hydroxyl groups is 1. The van der Waals surface area contributed by atoms with Crippen molar-refractivity contribution in [1.29, 1.82) is 0 Å². The van der Waals surface area contributed by atoms with Gasteiger partial charge in [-0.25, -0.2) is 0 Å². The van der Waals surface area contributed by atoms with Crippen molar-refractivity contribution in [3.63, 3.8) is 0 Å². The van der Waals surface area contributed by atoms with Crippen molar-refractivity contribution in [3.8, 4) is 0 Å². The number of nitrogens with zero attached hydrogens (tertiary/aromatic N) is 1. The Morgan fingerprint density at radius 3 is 2.50 bits per heavy atom. The first-order chi connectivity index (χ1) is 15.3. The Balaban J connectivity index is 1.30. The maximum Gasteiger partial charge on any atom is 0.253 e. The predicted molar refractivity (Wildman–Crippen MR) is 129 cm³/mol. The van der Waals surface area contributed by atoms with Gasteiger partial charge in [-0.2, -0.15) is 0 Å². The molecular weight excluding hydrogens is 394 g/mol. The lowest BCUT2D eigenvalue weighted by atomic mass is 9.45. The van der Waals surface area contributed by atoms with E-state index in [0.717, 1.165) is 54.5 Å². The zero-order valence-corrected chi connectivity index (χ0v) is 20.4. The molecule has 1 N–H and O–H groups in total. The Morgan fingerprint density at radius 2 is 1.72 bits per heavy atom. The average Bonchev–Trinajstić information content (AvgIpc) is 2.78. The van der Waals surface area contributed by atoms with Gasteiger partial charge in [-0.05, 0) is 118 Å². The Morgan fingerprint density at radius 1 is 0.969 bits per heavy atom. The predicted octanol–water partition coefficient (Wildman–Crippen LogP) is 6.17. The summed E-state index contributed by atoms with van der Waals surface area (Å²) in [6.45, 7) is 5.54. The van der Waals surface area contributed by atoms with Crippen LogP contribution in [0, 0.1) is 40.9 Å². The number of fused-ring (bicyclic) bond motifs is 5. The maximum atomic E-state index is 13.0. The number of amides is 1. The van der Waals surface area contributed by atoms with E-state index in [1.54, 1.807) is 0 Å². The summed E-state index contributed by atoms with van der Waals surface area (Å²) in [6, 6.07) is 9.78.